The Morgan fingerprint density at radius 2 is 1.96 bits per heavy atom. The van der Waals surface area contributed by atoms with E-state index in [-0.39, 0.29) is 24.5 Å². The van der Waals surface area contributed by atoms with Crippen LogP contribution < -0.4 is 10.6 Å². The minimum atomic E-state index is -0.607. The highest BCUT2D eigenvalue weighted by Crippen LogP contribution is 2.17. The molecule has 24 heavy (non-hydrogen) atoms. The first-order chi connectivity index (χ1) is 11.5. The number of rotatable bonds is 7. The maximum Gasteiger partial charge on any atom is 0.315 e. The smallest absolute Gasteiger partial charge is 0.315 e. The van der Waals surface area contributed by atoms with Gasteiger partial charge in [-0.3, -0.25) is 0 Å². The summed E-state index contributed by atoms with van der Waals surface area (Å²) < 4.78 is 5.17. The molecular formula is C18H25N3O3. The van der Waals surface area contributed by atoms with Gasteiger partial charge in [0, 0.05) is 12.1 Å². The first-order valence-electron chi connectivity index (χ1n) is 8.18. The Labute approximate surface area is 142 Å². The van der Waals surface area contributed by atoms with Crippen LogP contribution >= 0.6 is 0 Å². The van der Waals surface area contributed by atoms with Crippen LogP contribution in [0.1, 0.15) is 56.2 Å². The molecule has 2 amide bonds. The molecule has 1 aromatic heterocycles. The zero-order chi connectivity index (χ0) is 17.5. The van der Waals surface area contributed by atoms with E-state index in [1.807, 2.05) is 57.2 Å². The van der Waals surface area contributed by atoms with Gasteiger partial charge in [-0.05, 0) is 24.8 Å². The summed E-state index contributed by atoms with van der Waals surface area (Å²) in [6.07, 6.45) is -0.165. The van der Waals surface area contributed by atoms with E-state index in [1.165, 1.54) is 0 Å². The predicted octanol–water partition coefficient (Wildman–Crippen LogP) is 3.11. The Kier molecular flexibility index (Phi) is 6.37. The van der Waals surface area contributed by atoms with Crippen molar-refractivity contribution in [3.05, 3.63) is 53.4 Å². The number of carbonyl (C=O) groups excluding carboxylic acids is 1. The van der Waals surface area contributed by atoms with Gasteiger partial charge in [-0.15, -0.1) is 0 Å². The molecule has 3 N–H and O–H groups in total. The van der Waals surface area contributed by atoms with Crippen LogP contribution in [0.2, 0.25) is 0 Å². The van der Waals surface area contributed by atoms with Crippen molar-refractivity contribution >= 4 is 6.03 Å². The Balaban J connectivity index is 1.75. The number of hydrogen-bond donors (Lipinski definition) is 3. The van der Waals surface area contributed by atoms with Gasteiger partial charge in [-0.25, -0.2) is 4.79 Å². The van der Waals surface area contributed by atoms with Gasteiger partial charge in [0.1, 0.15) is 0 Å². The second-order valence-electron chi connectivity index (χ2n) is 6.26. The van der Waals surface area contributed by atoms with Crippen molar-refractivity contribution in [1.82, 2.24) is 15.8 Å². The highest BCUT2D eigenvalue weighted by molar-refractivity contribution is 5.74. The van der Waals surface area contributed by atoms with Gasteiger partial charge in [-0.2, -0.15) is 0 Å². The van der Waals surface area contributed by atoms with Crippen molar-refractivity contribution in [2.75, 3.05) is 0 Å². The summed E-state index contributed by atoms with van der Waals surface area (Å²) in [5.74, 6) is 0.904. The van der Waals surface area contributed by atoms with Gasteiger partial charge in [-0.1, -0.05) is 49.3 Å². The summed E-state index contributed by atoms with van der Waals surface area (Å²) in [7, 11) is 0. The molecule has 0 bridgehead atoms. The first-order valence-corrected chi connectivity index (χ1v) is 8.18. The zero-order valence-electron chi connectivity index (χ0n) is 14.3. The van der Waals surface area contributed by atoms with Gasteiger partial charge < -0.3 is 20.3 Å². The van der Waals surface area contributed by atoms with E-state index in [0.717, 1.165) is 11.3 Å². The molecule has 6 heteroatoms. The summed E-state index contributed by atoms with van der Waals surface area (Å²) in [5.41, 5.74) is 1.71. The molecule has 0 aliphatic rings. The topological polar surface area (TPSA) is 87.4 Å². The molecule has 2 rings (SSSR count). The molecule has 0 spiro atoms. The Bertz CT molecular complexity index is 640. The molecule has 0 radical (unpaired) electrons. The molecule has 1 aromatic carbocycles. The molecule has 2 atom stereocenters. The third kappa shape index (κ3) is 5.38. The highest BCUT2D eigenvalue weighted by Gasteiger charge is 2.15. The lowest BCUT2D eigenvalue weighted by Crippen LogP contribution is -2.41. The second kappa shape index (κ2) is 8.49. The van der Waals surface area contributed by atoms with Crippen LogP contribution in [0.3, 0.4) is 0 Å². The average molecular weight is 331 g/mol. The highest BCUT2D eigenvalue weighted by atomic mass is 16.5. The fourth-order valence-electron chi connectivity index (χ4n) is 2.33. The third-order valence-electron chi connectivity index (χ3n) is 3.73. The fraction of sp³-hybridized carbons (Fsp3) is 0.444. The van der Waals surface area contributed by atoms with Gasteiger partial charge in [0.05, 0.1) is 18.3 Å². The molecule has 0 fully saturated rings. The molecule has 0 saturated heterocycles. The van der Waals surface area contributed by atoms with Crippen molar-refractivity contribution in [1.29, 1.82) is 0 Å². The number of nitrogens with one attached hydrogen (secondary N) is 2. The lowest BCUT2D eigenvalue weighted by Gasteiger charge is -2.18. The van der Waals surface area contributed by atoms with Crippen LogP contribution in [0.25, 0.3) is 0 Å². The van der Waals surface area contributed by atoms with Crippen molar-refractivity contribution in [3.63, 3.8) is 0 Å². The predicted molar refractivity (Wildman–Crippen MR) is 91.4 cm³/mol. The van der Waals surface area contributed by atoms with Crippen molar-refractivity contribution in [2.45, 2.75) is 51.8 Å². The van der Waals surface area contributed by atoms with Crippen LogP contribution in [-0.4, -0.2) is 22.3 Å². The number of urea groups is 1. The molecule has 1 heterocycles. The Morgan fingerprint density at radius 3 is 2.58 bits per heavy atom. The molecule has 0 aliphatic carbocycles. The van der Waals surface area contributed by atoms with E-state index in [4.69, 9.17) is 4.52 Å². The normalized spacial score (nSPS) is 13.5. The van der Waals surface area contributed by atoms with Crippen molar-refractivity contribution < 1.29 is 14.4 Å². The minimum absolute atomic E-state index is 0.166. The SMILES string of the molecule is CC(CC(O)c1ccccc1)NC(=O)NCc1cc(C(C)C)no1. The number of benzene rings is 1. The van der Waals surface area contributed by atoms with Crippen LogP contribution in [0, 0.1) is 0 Å². The van der Waals surface area contributed by atoms with Gasteiger partial charge >= 0.3 is 6.03 Å². The summed E-state index contributed by atoms with van der Waals surface area (Å²) in [6, 6.07) is 10.8. The average Bonchev–Trinajstić information content (AvgIpc) is 3.03. The number of hydrogen-bond acceptors (Lipinski definition) is 4. The van der Waals surface area contributed by atoms with E-state index < -0.39 is 6.10 Å². The Morgan fingerprint density at radius 1 is 1.25 bits per heavy atom. The maximum absolute atomic E-state index is 11.9. The summed E-state index contributed by atoms with van der Waals surface area (Å²) >= 11 is 0. The standard InChI is InChI=1S/C18H25N3O3/c1-12(2)16-10-15(24-21-16)11-19-18(23)20-13(3)9-17(22)14-7-5-4-6-8-14/h4-8,10,12-13,17,22H,9,11H2,1-3H3,(H2,19,20,23). The second-order valence-corrected chi connectivity index (χ2v) is 6.26. The van der Waals surface area contributed by atoms with Crippen LogP contribution in [0.4, 0.5) is 4.79 Å². The van der Waals surface area contributed by atoms with Gasteiger partial charge in [0.15, 0.2) is 5.76 Å². The number of aliphatic hydroxyl groups is 1. The van der Waals surface area contributed by atoms with Crippen LogP contribution in [0.5, 0.6) is 0 Å². The van der Waals surface area contributed by atoms with Crippen LogP contribution in [0.15, 0.2) is 40.9 Å². The maximum atomic E-state index is 11.9. The summed E-state index contributed by atoms with van der Waals surface area (Å²) in [4.78, 5) is 11.9. The van der Waals surface area contributed by atoms with Crippen molar-refractivity contribution in [2.24, 2.45) is 0 Å². The fourth-order valence-corrected chi connectivity index (χ4v) is 2.33. The largest absolute Gasteiger partial charge is 0.388 e. The number of aliphatic hydroxyl groups excluding tert-OH is 1. The van der Waals surface area contributed by atoms with Crippen LogP contribution in [-0.2, 0) is 6.54 Å². The van der Waals surface area contributed by atoms with E-state index in [0.29, 0.717) is 12.2 Å². The number of nitrogens with zero attached hydrogens (tertiary/aromatic N) is 1. The monoisotopic (exact) mass is 331 g/mol. The summed E-state index contributed by atoms with van der Waals surface area (Å²) in [6.45, 7) is 6.19. The van der Waals surface area contributed by atoms with Gasteiger partial charge in [0.25, 0.3) is 0 Å². The number of aromatic nitrogens is 1. The molecule has 0 saturated carbocycles. The molecular weight excluding hydrogens is 306 g/mol. The molecule has 2 unspecified atom stereocenters. The molecule has 6 nitrogen and oxygen atoms in total. The Hall–Kier alpha value is -2.34. The molecule has 0 aliphatic heterocycles. The quantitative estimate of drug-likeness (QED) is 0.727. The molecule has 2 aromatic rings. The lowest BCUT2D eigenvalue weighted by atomic mass is 10.0. The lowest BCUT2D eigenvalue weighted by molar-refractivity contribution is 0.154. The van der Waals surface area contributed by atoms with E-state index in [9.17, 15) is 9.90 Å². The molecule has 130 valence electrons. The minimum Gasteiger partial charge on any atom is -0.388 e. The van der Waals surface area contributed by atoms with Crippen molar-refractivity contribution in [3.8, 4) is 0 Å². The first kappa shape index (κ1) is 18.0. The van der Waals surface area contributed by atoms with E-state index >= 15 is 0 Å². The van der Waals surface area contributed by atoms with E-state index in [2.05, 4.69) is 15.8 Å². The third-order valence-corrected chi connectivity index (χ3v) is 3.73. The zero-order valence-corrected chi connectivity index (χ0v) is 14.3. The van der Waals surface area contributed by atoms with Gasteiger partial charge in [0.2, 0.25) is 0 Å². The number of amides is 2. The van der Waals surface area contributed by atoms with E-state index in [1.54, 1.807) is 0 Å². The number of carbonyl (C=O) groups is 1. The summed E-state index contributed by atoms with van der Waals surface area (Å²) in [5, 5.41) is 19.7.